The van der Waals surface area contributed by atoms with E-state index < -0.39 is 0 Å². The average molecular weight is 368 g/mol. The average Bonchev–Trinajstić information content (AvgIpc) is 3.46. The van der Waals surface area contributed by atoms with Crippen LogP contribution >= 0.6 is 0 Å². The first-order valence-electron chi connectivity index (χ1n) is 8.86. The van der Waals surface area contributed by atoms with Crippen molar-refractivity contribution >= 4 is 5.91 Å². The number of aryl methyl sites for hydroxylation is 1. The van der Waals surface area contributed by atoms with Crippen LogP contribution in [0.1, 0.15) is 35.6 Å². The van der Waals surface area contributed by atoms with E-state index in [0.29, 0.717) is 48.2 Å². The molecule has 0 saturated carbocycles. The van der Waals surface area contributed by atoms with Crippen LogP contribution in [0.4, 0.5) is 0 Å². The maximum absolute atomic E-state index is 12.7. The summed E-state index contributed by atoms with van der Waals surface area (Å²) >= 11 is 0. The Morgan fingerprint density at radius 2 is 2.30 bits per heavy atom. The Morgan fingerprint density at radius 3 is 3.07 bits per heavy atom. The third-order valence-corrected chi connectivity index (χ3v) is 4.66. The Labute approximate surface area is 155 Å². The number of likely N-dealkylation sites (tertiary alicyclic amines) is 1. The molecule has 1 unspecified atom stereocenters. The summed E-state index contributed by atoms with van der Waals surface area (Å²) in [7, 11) is 1.59. The normalized spacial score (nSPS) is 16.7. The molecule has 9 heteroatoms. The number of nitrogens with zero attached hydrogens (tertiary/aromatic N) is 6. The Bertz CT molecular complexity index is 950. The van der Waals surface area contributed by atoms with Gasteiger partial charge in [0.2, 0.25) is 0 Å². The molecule has 140 valence electrons. The van der Waals surface area contributed by atoms with E-state index in [1.165, 1.54) is 0 Å². The van der Waals surface area contributed by atoms with E-state index in [2.05, 4.69) is 20.5 Å². The SMILES string of the molecule is CCc1noc(-c2cn(C3CCN(C(=O)c4cccc(OC)c4)C3)nn2)n1. The lowest BCUT2D eigenvalue weighted by Crippen LogP contribution is -2.29. The topological polar surface area (TPSA) is 99.2 Å². The molecule has 3 aromatic rings. The minimum Gasteiger partial charge on any atom is -0.497 e. The molecule has 1 aromatic carbocycles. The zero-order valence-electron chi connectivity index (χ0n) is 15.2. The van der Waals surface area contributed by atoms with Crippen molar-refractivity contribution in [3.05, 3.63) is 41.9 Å². The fourth-order valence-corrected chi connectivity index (χ4v) is 3.14. The number of hydrogen-bond donors (Lipinski definition) is 0. The van der Waals surface area contributed by atoms with Crippen molar-refractivity contribution in [2.45, 2.75) is 25.8 Å². The number of methoxy groups -OCH3 is 1. The highest BCUT2D eigenvalue weighted by atomic mass is 16.5. The first-order chi connectivity index (χ1) is 13.2. The van der Waals surface area contributed by atoms with Crippen molar-refractivity contribution in [2.24, 2.45) is 0 Å². The van der Waals surface area contributed by atoms with E-state index >= 15 is 0 Å². The molecule has 1 aliphatic rings. The lowest BCUT2D eigenvalue weighted by Gasteiger charge is -2.17. The summed E-state index contributed by atoms with van der Waals surface area (Å²) in [6.07, 6.45) is 3.29. The maximum atomic E-state index is 12.7. The molecule has 0 radical (unpaired) electrons. The van der Waals surface area contributed by atoms with Crippen LogP contribution in [-0.4, -0.2) is 56.1 Å². The molecular weight excluding hydrogens is 348 g/mol. The van der Waals surface area contributed by atoms with Crippen molar-refractivity contribution in [2.75, 3.05) is 20.2 Å². The number of ether oxygens (including phenoxy) is 1. The lowest BCUT2D eigenvalue weighted by molar-refractivity contribution is 0.0786. The second-order valence-electron chi connectivity index (χ2n) is 6.38. The van der Waals surface area contributed by atoms with Crippen molar-refractivity contribution in [3.8, 4) is 17.3 Å². The van der Waals surface area contributed by atoms with Crippen LogP contribution in [0.25, 0.3) is 11.6 Å². The fourth-order valence-electron chi connectivity index (χ4n) is 3.14. The Morgan fingerprint density at radius 1 is 1.41 bits per heavy atom. The monoisotopic (exact) mass is 368 g/mol. The highest BCUT2D eigenvalue weighted by molar-refractivity contribution is 5.94. The first-order valence-corrected chi connectivity index (χ1v) is 8.86. The van der Waals surface area contributed by atoms with Crippen molar-refractivity contribution in [3.63, 3.8) is 0 Å². The van der Waals surface area contributed by atoms with Crippen LogP contribution in [0.3, 0.4) is 0 Å². The molecule has 27 heavy (non-hydrogen) atoms. The van der Waals surface area contributed by atoms with Gasteiger partial charge >= 0.3 is 0 Å². The smallest absolute Gasteiger partial charge is 0.280 e. The largest absolute Gasteiger partial charge is 0.497 e. The molecule has 1 fully saturated rings. The Balaban J connectivity index is 1.45. The van der Waals surface area contributed by atoms with Gasteiger partial charge in [0.05, 0.1) is 19.3 Å². The summed E-state index contributed by atoms with van der Waals surface area (Å²) in [6.45, 7) is 3.19. The van der Waals surface area contributed by atoms with Gasteiger partial charge in [-0.1, -0.05) is 23.4 Å². The molecular formula is C18H20N6O3. The Hall–Kier alpha value is -3.23. The van der Waals surface area contributed by atoms with Crippen LogP contribution in [0.5, 0.6) is 5.75 Å². The van der Waals surface area contributed by atoms with Crippen LogP contribution in [-0.2, 0) is 6.42 Å². The van der Waals surface area contributed by atoms with E-state index in [0.717, 1.165) is 6.42 Å². The number of hydrogen-bond acceptors (Lipinski definition) is 7. The van der Waals surface area contributed by atoms with Crippen LogP contribution < -0.4 is 4.74 Å². The standard InChI is InChI=1S/C18H20N6O3/c1-3-16-19-17(27-21-16)15-11-24(22-20-15)13-7-8-23(10-13)18(25)12-5-4-6-14(9-12)26-2/h4-6,9,11,13H,3,7-8,10H2,1-2H3. The molecule has 1 aliphatic heterocycles. The van der Waals surface area contributed by atoms with Gasteiger partial charge in [-0.25, -0.2) is 4.68 Å². The fraction of sp³-hybridized carbons (Fsp3) is 0.389. The first kappa shape index (κ1) is 17.2. The molecule has 1 amide bonds. The number of carbonyl (C=O) groups excluding carboxylic acids is 1. The van der Waals surface area contributed by atoms with Crippen LogP contribution in [0, 0.1) is 0 Å². The number of amides is 1. The van der Waals surface area contributed by atoms with Crippen molar-refractivity contribution in [1.29, 1.82) is 0 Å². The second kappa shape index (κ2) is 7.18. The third-order valence-electron chi connectivity index (χ3n) is 4.66. The minimum atomic E-state index is -0.0128. The maximum Gasteiger partial charge on any atom is 0.280 e. The zero-order valence-corrected chi connectivity index (χ0v) is 15.2. The molecule has 1 saturated heterocycles. The predicted octanol–water partition coefficient (Wildman–Crippen LogP) is 1.99. The van der Waals surface area contributed by atoms with Crippen molar-refractivity contribution < 1.29 is 14.1 Å². The molecule has 4 rings (SSSR count). The number of benzene rings is 1. The summed E-state index contributed by atoms with van der Waals surface area (Å²) in [4.78, 5) is 18.8. The molecule has 9 nitrogen and oxygen atoms in total. The van der Waals surface area contributed by atoms with Gasteiger partial charge in [0.15, 0.2) is 11.5 Å². The second-order valence-corrected chi connectivity index (χ2v) is 6.38. The number of carbonyl (C=O) groups is 1. The summed E-state index contributed by atoms with van der Waals surface area (Å²) in [5.74, 6) is 1.65. The number of aromatic nitrogens is 5. The minimum absolute atomic E-state index is 0.0128. The van der Waals surface area contributed by atoms with Gasteiger partial charge in [-0.05, 0) is 24.6 Å². The van der Waals surface area contributed by atoms with E-state index in [9.17, 15) is 4.79 Å². The van der Waals surface area contributed by atoms with E-state index in [1.807, 2.05) is 24.0 Å². The molecule has 2 aromatic heterocycles. The van der Waals surface area contributed by atoms with E-state index in [1.54, 1.807) is 30.1 Å². The molecule has 0 aliphatic carbocycles. The molecule has 0 bridgehead atoms. The van der Waals surface area contributed by atoms with E-state index in [4.69, 9.17) is 9.26 Å². The summed E-state index contributed by atoms with van der Waals surface area (Å²) in [5, 5.41) is 12.2. The van der Waals surface area contributed by atoms with Gasteiger partial charge in [-0.15, -0.1) is 5.10 Å². The summed E-state index contributed by atoms with van der Waals surface area (Å²) in [6, 6.07) is 7.26. The van der Waals surface area contributed by atoms with Gasteiger partial charge in [-0.3, -0.25) is 4.79 Å². The Kier molecular flexibility index (Phi) is 4.57. The summed E-state index contributed by atoms with van der Waals surface area (Å²) in [5.41, 5.74) is 1.16. The predicted molar refractivity (Wildman–Crippen MR) is 95.2 cm³/mol. The van der Waals surface area contributed by atoms with Gasteiger partial charge in [-0.2, -0.15) is 4.98 Å². The highest BCUT2D eigenvalue weighted by Gasteiger charge is 2.29. The molecule has 3 heterocycles. The lowest BCUT2D eigenvalue weighted by atomic mass is 10.2. The van der Waals surface area contributed by atoms with Gasteiger partial charge < -0.3 is 14.2 Å². The summed E-state index contributed by atoms with van der Waals surface area (Å²) < 4.78 is 12.2. The van der Waals surface area contributed by atoms with Crippen LogP contribution in [0.2, 0.25) is 0 Å². The number of rotatable bonds is 5. The highest BCUT2D eigenvalue weighted by Crippen LogP contribution is 2.25. The van der Waals surface area contributed by atoms with E-state index in [-0.39, 0.29) is 11.9 Å². The molecule has 0 spiro atoms. The van der Waals surface area contributed by atoms with Crippen molar-refractivity contribution in [1.82, 2.24) is 30.0 Å². The molecule has 1 atom stereocenters. The third kappa shape index (κ3) is 3.40. The molecule has 0 N–H and O–H groups in total. The zero-order chi connectivity index (χ0) is 18.8. The van der Waals surface area contributed by atoms with Gasteiger partial charge in [0, 0.05) is 25.1 Å². The van der Waals surface area contributed by atoms with Gasteiger partial charge in [0.25, 0.3) is 11.8 Å². The van der Waals surface area contributed by atoms with Crippen LogP contribution in [0.15, 0.2) is 35.0 Å². The quantitative estimate of drug-likeness (QED) is 0.679. The van der Waals surface area contributed by atoms with Gasteiger partial charge in [0.1, 0.15) is 5.75 Å².